The Bertz CT molecular complexity index is 2720. The highest BCUT2D eigenvalue weighted by molar-refractivity contribution is 7.33. The molecule has 0 aromatic carbocycles. The quantitative estimate of drug-likeness (QED) is 0.0716. The standard InChI is InChI=1S/C48H52N2O4S6Si/c1-9-13-15-27(11-3)23-61(24-28(12-4)16-14-10-2)34-21-25(5)55-43(34)44-35(61)22-33(59-44)42-39-38(47(53)50(8)48(39)54)41(60-42)32-20-18-30(58-32)29-17-19-31(57-29)40-37-36(26(6)56-40)45(51)49(7)46(37)52/h17-22,27-28H,9-16,23-24H2,1-8H3. The molecular weight excluding hydrogens is 889 g/mol. The van der Waals surface area contributed by atoms with E-state index in [-0.39, 0.29) is 23.6 Å². The molecule has 61 heavy (non-hydrogen) atoms. The monoisotopic (exact) mass is 940 g/mol. The van der Waals surface area contributed by atoms with E-state index in [0.717, 1.165) is 43.9 Å². The summed E-state index contributed by atoms with van der Waals surface area (Å²) in [5.74, 6) is 0.461. The molecule has 6 aromatic rings. The van der Waals surface area contributed by atoms with Crippen molar-refractivity contribution in [2.75, 3.05) is 14.1 Å². The summed E-state index contributed by atoms with van der Waals surface area (Å²) in [5.41, 5.74) is 2.13. The van der Waals surface area contributed by atoms with Gasteiger partial charge in [-0.25, -0.2) is 0 Å². The minimum Gasteiger partial charge on any atom is -0.277 e. The number of carbonyl (C=O) groups excluding carboxylic acids is 4. The molecule has 9 heterocycles. The average Bonchev–Trinajstić information content (AvgIpc) is 4.12. The van der Waals surface area contributed by atoms with E-state index in [1.807, 2.05) is 35.7 Å². The van der Waals surface area contributed by atoms with Gasteiger partial charge < -0.3 is 0 Å². The van der Waals surface area contributed by atoms with Crippen molar-refractivity contribution in [1.29, 1.82) is 0 Å². The van der Waals surface area contributed by atoms with E-state index in [9.17, 15) is 19.2 Å². The molecule has 2 atom stereocenters. The highest BCUT2D eigenvalue weighted by atomic mass is 32.1. The molecule has 3 aliphatic rings. The number of nitrogens with zero attached hydrogens (tertiary/aromatic N) is 2. The van der Waals surface area contributed by atoms with Gasteiger partial charge in [0.2, 0.25) is 0 Å². The molecule has 0 spiro atoms. The highest BCUT2D eigenvalue weighted by Crippen LogP contribution is 2.54. The smallest absolute Gasteiger partial charge is 0.262 e. The van der Waals surface area contributed by atoms with Gasteiger partial charge in [-0.3, -0.25) is 29.0 Å². The molecule has 3 aliphatic heterocycles. The van der Waals surface area contributed by atoms with Crippen LogP contribution in [0.25, 0.3) is 48.8 Å². The molecule has 4 amide bonds. The third kappa shape index (κ3) is 6.91. The summed E-state index contributed by atoms with van der Waals surface area (Å²) in [7, 11) is 0.958. The van der Waals surface area contributed by atoms with Gasteiger partial charge in [0.15, 0.2) is 0 Å². The molecule has 0 radical (unpaired) electrons. The Kier molecular flexibility index (Phi) is 11.7. The highest BCUT2D eigenvalue weighted by Gasteiger charge is 2.50. The zero-order valence-electron chi connectivity index (χ0n) is 36.2. The zero-order chi connectivity index (χ0) is 43.1. The van der Waals surface area contributed by atoms with Crippen molar-refractivity contribution in [2.24, 2.45) is 11.8 Å². The second kappa shape index (κ2) is 16.7. The van der Waals surface area contributed by atoms with Crippen LogP contribution in [0.3, 0.4) is 0 Å². The molecule has 13 heteroatoms. The van der Waals surface area contributed by atoms with Gasteiger partial charge in [0.05, 0.1) is 36.9 Å². The molecule has 0 saturated carbocycles. The van der Waals surface area contributed by atoms with E-state index in [2.05, 4.69) is 65.0 Å². The Morgan fingerprint density at radius 3 is 1.48 bits per heavy atom. The topological polar surface area (TPSA) is 74.8 Å². The Hall–Kier alpha value is -3.30. The summed E-state index contributed by atoms with van der Waals surface area (Å²) in [6, 6.07) is 16.0. The van der Waals surface area contributed by atoms with Gasteiger partial charge in [-0.05, 0) is 84.5 Å². The van der Waals surface area contributed by atoms with Gasteiger partial charge in [0, 0.05) is 58.0 Å². The summed E-state index contributed by atoms with van der Waals surface area (Å²) in [6.45, 7) is 13.6. The number of rotatable bonds is 16. The van der Waals surface area contributed by atoms with E-state index in [4.69, 9.17) is 0 Å². The van der Waals surface area contributed by atoms with E-state index < -0.39 is 8.07 Å². The summed E-state index contributed by atoms with van der Waals surface area (Å²) >= 11 is 10.2. The molecule has 0 N–H and O–H groups in total. The second-order valence-corrected chi connectivity index (χ2v) is 28.0. The fourth-order valence-electron chi connectivity index (χ4n) is 10.0. The molecule has 0 aliphatic carbocycles. The summed E-state index contributed by atoms with van der Waals surface area (Å²) in [6.07, 6.45) is 9.98. The molecule has 6 nitrogen and oxygen atoms in total. The normalized spacial score (nSPS) is 17.8. The van der Waals surface area contributed by atoms with Crippen LogP contribution in [0.2, 0.25) is 12.1 Å². The molecule has 6 aromatic heterocycles. The minimum atomic E-state index is -2.20. The summed E-state index contributed by atoms with van der Waals surface area (Å²) < 4.78 is 0. The van der Waals surface area contributed by atoms with Gasteiger partial charge in [-0.2, -0.15) is 0 Å². The first kappa shape index (κ1) is 43.0. The van der Waals surface area contributed by atoms with Crippen molar-refractivity contribution in [3.63, 3.8) is 0 Å². The molecule has 0 fully saturated rings. The second-order valence-electron chi connectivity index (χ2n) is 17.2. The van der Waals surface area contributed by atoms with E-state index in [1.165, 1.54) is 99.2 Å². The minimum absolute atomic E-state index is 0.212. The number of hydrogen-bond donors (Lipinski definition) is 0. The number of fused-ring (bicyclic) bond motifs is 5. The van der Waals surface area contributed by atoms with Crippen molar-refractivity contribution in [1.82, 2.24) is 9.80 Å². The molecule has 318 valence electrons. The van der Waals surface area contributed by atoms with Crippen LogP contribution in [-0.4, -0.2) is 55.6 Å². The van der Waals surface area contributed by atoms with Crippen LogP contribution in [0.4, 0.5) is 0 Å². The van der Waals surface area contributed by atoms with Crippen LogP contribution in [0.1, 0.15) is 130 Å². The van der Waals surface area contributed by atoms with Crippen molar-refractivity contribution < 1.29 is 19.2 Å². The zero-order valence-corrected chi connectivity index (χ0v) is 42.1. The Labute approximate surface area is 384 Å². The average molecular weight is 941 g/mol. The largest absolute Gasteiger partial charge is 0.277 e. The number of unbranched alkanes of at least 4 members (excludes halogenated alkanes) is 2. The number of imide groups is 2. The lowest BCUT2D eigenvalue weighted by Gasteiger charge is -2.35. The summed E-state index contributed by atoms with van der Waals surface area (Å²) in [5, 5.41) is 3.26. The SMILES string of the molecule is CCCCC(CC)C[Si]1(CC(CC)CCCC)c2cc(C)sc2-c2sc(-c3sc(-c4ccc(-c5ccc(-c6sc(C)c7c6C(=O)N(C)C7=O)s5)s4)c4c3C(=O)N(C)C4=O)cc21. The van der Waals surface area contributed by atoms with Gasteiger partial charge in [-0.15, -0.1) is 68.0 Å². The van der Waals surface area contributed by atoms with Gasteiger partial charge in [-0.1, -0.05) is 79.1 Å². The van der Waals surface area contributed by atoms with Crippen molar-refractivity contribution in [3.05, 3.63) is 68.4 Å². The van der Waals surface area contributed by atoms with Crippen LogP contribution < -0.4 is 10.4 Å². The first-order valence-corrected chi connectivity index (χ1v) is 29.1. The molecule has 2 unspecified atom stereocenters. The van der Waals surface area contributed by atoms with Crippen LogP contribution in [0, 0.1) is 25.7 Å². The number of carbonyl (C=O) groups is 4. The van der Waals surface area contributed by atoms with Gasteiger partial charge in [0.25, 0.3) is 23.6 Å². The molecular formula is C48H52N2O4S6Si. The van der Waals surface area contributed by atoms with Crippen LogP contribution in [0.15, 0.2) is 36.4 Å². The predicted octanol–water partition coefficient (Wildman–Crippen LogP) is 13.8. The third-order valence-electron chi connectivity index (χ3n) is 13.4. The first-order chi connectivity index (χ1) is 29.3. The lowest BCUT2D eigenvalue weighted by Crippen LogP contribution is -2.56. The van der Waals surface area contributed by atoms with Crippen LogP contribution in [0.5, 0.6) is 0 Å². The number of hydrogen-bond acceptors (Lipinski definition) is 10. The molecule has 9 rings (SSSR count). The number of amides is 4. The van der Waals surface area contributed by atoms with E-state index >= 15 is 0 Å². The maximum Gasteiger partial charge on any atom is 0.262 e. The fourth-order valence-corrected chi connectivity index (χ4v) is 25.2. The molecule has 0 saturated heterocycles. The third-order valence-corrected chi connectivity index (χ3v) is 26.7. The van der Waals surface area contributed by atoms with Crippen LogP contribution >= 0.6 is 68.0 Å². The lowest BCUT2D eigenvalue weighted by molar-refractivity contribution is 0.0678. The maximum absolute atomic E-state index is 14.1. The van der Waals surface area contributed by atoms with E-state index in [1.54, 1.807) is 58.5 Å². The van der Waals surface area contributed by atoms with Gasteiger partial charge >= 0.3 is 0 Å². The predicted molar refractivity (Wildman–Crippen MR) is 264 cm³/mol. The Morgan fingerprint density at radius 2 is 0.951 bits per heavy atom. The van der Waals surface area contributed by atoms with Crippen molar-refractivity contribution in [3.8, 4) is 48.8 Å². The fraction of sp³-hybridized carbons (Fsp3) is 0.417. The van der Waals surface area contributed by atoms with Gasteiger partial charge in [0.1, 0.15) is 8.07 Å². The van der Waals surface area contributed by atoms with Crippen molar-refractivity contribution >= 4 is 110 Å². The number of aryl methyl sites for hydroxylation is 2. The first-order valence-electron chi connectivity index (χ1n) is 21.8. The lowest BCUT2D eigenvalue weighted by atomic mass is 10.0. The molecule has 0 bridgehead atoms. The van der Waals surface area contributed by atoms with E-state index in [0.29, 0.717) is 34.1 Å². The summed E-state index contributed by atoms with van der Waals surface area (Å²) in [4.78, 5) is 69.5. The van der Waals surface area contributed by atoms with Crippen molar-refractivity contribution in [2.45, 2.75) is 105 Å². The Morgan fingerprint density at radius 1 is 0.508 bits per heavy atom. The Balaban J connectivity index is 1.13. The van der Waals surface area contributed by atoms with Crippen LogP contribution in [-0.2, 0) is 0 Å². The number of thiophene rings is 6. The maximum atomic E-state index is 14.1.